The molecule has 2 rings (SSSR count). The van der Waals surface area contributed by atoms with Crippen molar-refractivity contribution in [3.8, 4) is 6.07 Å². The van der Waals surface area contributed by atoms with Crippen molar-refractivity contribution < 1.29 is 0 Å². The van der Waals surface area contributed by atoms with E-state index in [1.54, 1.807) is 0 Å². The quantitative estimate of drug-likeness (QED) is 0.874. The first-order chi connectivity index (χ1) is 9.11. The molecule has 19 heavy (non-hydrogen) atoms. The molecular formula is C15H22N4. The molecule has 1 aliphatic heterocycles. The Labute approximate surface area is 115 Å². The standard InChI is InChI=1S/C15H22N4/c1-10-7-15(14(8-16)12(3)18-10)19-11(2)13-5-4-6-17-9-13/h7,11,13,17H,4-6,9H2,1-3H3,(H,18,19). The summed E-state index contributed by atoms with van der Waals surface area (Å²) in [7, 11) is 0. The molecule has 4 heteroatoms. The van der Waals surface area contributed by atoms with E-state index in [0.29, 0.717) is 17.5 Å². The molecule has 1 aromatic rings. The normalized spacial score (nSPS) is 20.6. The molecule has 0 bridgehead atoms. The smallest absolute Gasteiger partial charge is 0.103 e. The molecule has 1 fully saturated rings. The topological polar surface area (TPSA) is 60.7 Å². The van der Waals surface area contributed by atoms with Gasteiger partial charge in [0, 0.05) is 11.7 Å². The van der Waals surface area contributed by atoms with Gasteiger partial charge in [-0.05, 0) is 58.7 Å². The highest BCUT2D eigenvalue weighted by Crippen LogP contribution is 2.23. The number of pyridine rings is 1. The van der Waals surface area contributed by atoms with Crippen LogP contribution < -0.4 is 10.6 Å². The van der Waals surface area contributed by atoms with Gasteiger partial charge in [-0.15, -0.1) is 0 Å². The van der Waals surface area contributed by atoms with E-state index in [0.717, 1.165) is 30.2 Å². The number of nitrogens with zero attached hydrogens (tertiary/aromatic N) is 2. The highest BCUT2D eigenvalue weighted by Gasteiger charge is 2.21. The molecule has 2 atom stereocenters. The van der Waals surface area contributed by atoms with Crippen LogP contribution in [0.3, 0.4) is 0 Å². The van der Waals surface area contributed by atoms with Crippen LogP contribution in [0.5, 0.6) is 0 Å². The van der Waals surface area contributed by atoms with E-state index in [2.05, 4.69) is 28.6 Å². The maximum atomic E-state index is 9.27. The van der Waals surface area contributed by atoms with Crippen molar-refractivity contribution in [1.29, 1.82) is 5.26 Å². The van der Waals surface area contributed by atoms with Gasteiger partial charge in [0.15, 0.2) is 0 Å². The summed E-state index contributed by atoms with van der Waals surface area (Å²) in [6.07, 6.45) is 2.47. The number of hydrogen-bond acceptors (Lipinski definition) is 4. The predicted octanol–water partition coefficient (Wildman–Crippen LogP) is 2.37. The molecule has 102 valence electrons. The fraction of sp³-hybridized carbons (Fsp3) is 0.600. The molecule has 0 saturated carbocycles. The van der Waals surface area contributed by atoms with E-state index in [9.17, 15) is 5.26 Å². The van der Waals surface area contributed by atoms with Gasteiger partial charge in [0.1, 0.15) is 6.07 Å². The van der Waals surface area contributed by atoms with Crippen molar-refractivity contribution in [2.45, 2.75) is 39.7 Å². The molecule has 0 amide bonds. The molecule has 1 aromatic heterocycles. The van der Waals surface area contributed by atoms with Crippen LogP contribution in [0.15, 0.2) is 6.07 Å². The zero-order valence-electron chi connectivity index (χ0n) is 12.0. The Balaban J connectivity index is 2.16. The van der Waals surface area contributed by atoms with Crippen LogP contribution in [-0.4, -0.2) is 24.1 Å². The van der Waals surface area contributed by atoms with Gasteiger partial charge in [-0.25, -0.2) is 0 Å². The second-order valence-electron chi connectivity index (χ2n) is 5.42. The maximum absolute atomic E-state index is 9.27. The van der Waals surface area contributed by atoms with Crippen LogP contribution in [0.4, 0.5) is 5.69 Å². The summed E-state index contributed by atoms with van der Waals surface area (Å²) in [5, 5.41) is 16.2. The maximum Gasteiger partial charge on any atom is 0.103 e. The van der Waals surface area contributed by atoms with Crippen molar-refractivity contribution in [2.75, 3.05) is 18.4 Å². The molecule has 2 unspecified atom stereocenters. The summed E-state index contributed by atoms with van der Waals surface area (Å²) < 4.78 is 0. The second kappa shape index (κ2) is 6.03. The average Bonchev–Trinajstić information content (AvgIpc) is 2.39. The number of aryl methyl sites for hydroxylation is 2. The summed E-state index contributed by atoms with van der Waals surface area (Å²) in [6.45, 7) is 8.24. The lowest BCUT2D eigenvalue weighted by Crippen LogP contribution is -2.39. The van der Waals surface area contributed by atoms with E-state index in [1.807, 2.05) is 19.9 Å². The Kier molecular flexibility index (Phi) is 4.39. The van der Waals surface area contributed by atoms with Crippen molar-refractivity contribution in [1.82, 2.24) is 10.3 Å². The molecule has 0 aliphatic carbocycles. The molecule has 1 aliphatic rings. The van der Waals surface area contributed by atoms with Crippen molar-refractivity contribution in [3.05, 3.63) is 23.0 Å². The lowest BCUT2D eigenvalue weighted by Gasteiger charge is -2.30. The molecule has 4 nitrogen and oxygen atoms in total. The minimum absolute atomic E-state index is 0.362. The van der Waals surface area contributed by atoms with E-state index in [4.69, 9.17) is 0 Å². The van der Waals surface area contributed by atoms with Crippen LogP contribution in [-0.2, 0) is 0 Å². The average molecular weight is 258 g/mol. The molecule has 2 heterocycles. The Morgan fingerprint density at radius 1 is 1.53 bits per heavy atom. The monoisotopic (exact) mass is 258 g/mol. The van der Waals surface area contributed by atoms with Gasteiger partial charge in [0.2, 0.25) is 0 Å². The zero-order chi connectivity index (χ0) is 13.8. The fourth-order valence-corrected chi connectivity index (χ4v) is 2.75. The number of aromatic nitrogens is 1. The molecule has 0 radical (unpaired) electrons. The summed E-state index contributed by atoms with van der Waals surface area (Å²) >= 11 is 0. The first-order valence-electron chi connectivity index (χ1n) is 6.97. The second-order valence-corrected chi connectivity index (χ2v) is 5.42. The van der Waals surface area contributed by atoms with Crippen LogP contribution in [0.1, 0.15) is 36.7 Å². The SMILES string of the molecule is Cc1cc(NC(C)C2CCCNC2)c(C#N)c(C)n1. The highest BCUT2D eigenvalue weighted by atomic mass is 15.0. The minimum Gasteiger partial charge on any atom is -0.381 e. The Hall–Kier alpha value is -1.60. The summed E-state index contributed by atoms with van der Waals surface area (Å²) in [4.78, 5) is 4.35. The molecule has 2 N–H and O–H groups in total. The van der Waals surface area contributed by atoms with Gasteiger partial charge in [-0.3, -0.25) is 4.98 Å². The molecular weight excluding hydrogens is 236 g/mol. The lowest BCUT2D eigenvalue weighted by atomic mass is 9.92. The van der Waals surface area contributed by atoms with Crippen molar-refractivity contribution in [3.63, 3.8) is 0 Å². The van der Waals surface area contributed by atoms with Crippen LogP contribution in [0.2, 0.25) is 0 Å². The van der Waals surface area contributed by atoms with Crippen LogP contribution in [0, 0.1) is 31.1 Å². The van der Waals surface area contributed by atoms with E-state index >= 15 is 0 Å². The molecule has 0 aromatic carbocycles. The number of rotatable bonds is 3. The Morgan fingerprint density at radius 2 is 2.32 bits per heavy atom. The Morgan fingerprint density at radius 3 is 2.95 bits per heavy atom. The van der Waals surface area contributed by atoms with Gasteiger partial charge in [-0.2, -0.15) is 5.26 Å². The first kappa shape index (κ1) is 13.8. The van der Waals surface area contributed by atoms with Crippen molar-refractivity contribution >= 4 is 5.69 Å². The number of piperidine rings is 1. The minimum atomic E-state index is 0.362. The zero-order valence-corrected chi connectivity index (χ0v) is 12.0. The Bertz CT molecular complexity index is 484. The van der Waals surface area contributed by atoms with Crippen molar-refractivity contribution in [2.24, 2.45) is 5.92 Å². The third kappa shape index (κ3) is 3.24. The third-order valence-corrected chi connectivity index (χ3v) is 3.87. The van der Waals surface area contributed by atoms with E-state index < -0.39 is 0 Å². The van der Waals surface area contributed by atoms with E-state index in [-0.39, 0.29) is 0 Å². The summed E-state index contributed by atoms with van der Waals surface area (Å²) in [5.74, 6) is 0.620. The van der Waals surface area contributed by atoms with Crippen LogP contribution in [0.25, 0.3) is 0 Å². The summed E-state index contributed by atoms with van der Waals surface area (Å²) in [6, 6.07) is 4.59. The number of nitrogens with one attached hydrogen (secondary N) is 2. The number of anilines is 1. The van der Waals surface area contributed by atoms with E-state index in [1.165, 1.54) is 12.8 Å². The highest BCUT2D eigenvalue weighted by molar-refractivity contribution is 5.60. The first-order valence-corrected chi connectivity index (χ1v) is 6.97. The lowest BCUT2D eigenvalue weighted by molar-refractivity contribution is 0.347. The van der Waals surface area contributed by atoms with Gasteiger partial charge in [0.25, 0.3) is 0 Å². The van der Waals surface area contributed by atoms with Gasteiger partial charge < -0.3 is 10.6 Å². The molecule has 1 saturated heterocycles. The largest absolute Gasteiger partial charge is 0.381 e. The predicted molar refractivity (Wildman–Crippen MR) is 77.1 cm³/mol. The summed E-state index contributed by atoms with van der Waals surface area (Å²) in [5.41, 5.74) is 3.35. The fourth-order valence-electron chi connectivity index (χ4n) is 2.75. The third-order valence-electron chi connectivity index (χ3n) is 3.87. The van der Waals surface area contributed by atoms with Gasteiger partial charge in [0.05, 0.1) is 16.9 Å². The molecule has 0 spiro atoms. The van der Waals surface area contributed by atoms with Crippen LogP contribution >= 0.6 is 0 Å². The van der Waals surface area contributed by atoms with Gasteiger partial charge in [-0.1, -0.05) is 0 Å². The number of hydrogen-bond donors (Lipinski definition) is 2. The number of nitriles is 1. The van der Waals surface area contributed by atoms with Gasteiger partial charge >= 0.3 is 0 Å².